The van der Waals surface area contributed by atoms with Crippen molar-refractivity contribution < 1.29 is 14.4 Å². The average Bonchev–Trinajstić information content (AvgIpc) is 2.92. The average molecular weight is 237 g/mol. The fourth-order valence-corrected chi connectivity index (χ4v) is 2.17. The van der Waals surface area contributed by atoms with Gasteiger partial charge in [0.05, 0.1) is 12.6 Å². The zero-order valence-electron chi connectivity index (χ0n) is 10.7. The molecule has 4 nitrogen and oxygen atoms in total. The summed E-state index contributed by atoms with van der Waals surface area (Å²) in [6.45, 7) is 15.2. The molecule has 0 spiro atoms. The standard InChI is InChI=1S/C13H21N2O2/c1-7-9(4)13(10(16)11(13)17-6)15(5)12(14)8(2)3/h7-8,10-11,14,16H,1,4-5H2,2-3,6H3/q+1. The first kappa shape index (κ1) is 13.8. The first-order valence-electron chi connectivity index (χ1n) is 5.57. The zero-order chi connectivity index (χ0) is 13.4. The number of ether oxygens (including phenoxy) is 1. The van der Waals surface area contributed by atoms with Crippen molar-refractivity contribution in [3.8, 4) is 0 Å². The number of nitrogens with one attached hydrogen (secondary N) is 1. The Labute approximate surface area is 102 Å². The highest BCUT2D eigenvalue weighted by atomic mass is 16.5. The lowest BCUT2D eigenvalue weighted by atomic mass is 10.0. The Morgan fingerprint density at radius 1 is 1.59 bits per heavy atom. The highest BCUT2D eigenvalue weighted by Gasteiger charge is 2.73. The summed E-state index contributed by atoms with van der Waals surface area (Å²) >= 11 is 0. The van der Waals surface area contributed by atoms with E-state index in [9.17, 15) is 5.11 Å². The van der Waals surface area contributed by atoms with Gasteiger partial charge in [0.1, 0.15) is 12.2 Å². The Balaban J connectivity index is 3.12. The van der Waals surface area contributed by atoms with Crippen molar-refractivity contribution in [3.63, 3.8) is 0 Å². The van der Waals surface area contributed by atoms with E-state index < -0.39 is 17.7 Å². The van der Waals surface area contributed by atoms with Crippen LogP contribution in [0, 0.1) is 11.3 Å². The molecule has 2 N–H and O–H groups in total. The van der Waals surface area contributed by atoms with Gasteiger partial charge in [-0.2, -0.15) is 0 Å². The van der Waals surface area contributed by atoms with Crippen molar-refractivity contribution in [2.45, 2.75) is 31.6 Å². The smallest absolute Gasteiger partial charge is 0.292 e. The summed E-state index contributed by atoms with van der Waals surface area (Å²) in [5.74, 6) is 0.360. The molecule has 1 saturated carbocycles. The van der Waals surface area contributed by atoms with E-state index >= 15 is 0 Å². The van der Waals surface area contributed by atoms with Gasteiger partial charge in [0.2, 0.25) is 0 Å². The lowest BCUT2D eigenvalue weighted by molar-refractivity contribution is -0.467. The van der Waals surface area contributed by atoms with E-state index in [1.165, 1.54) is 11.7 Å². The van der Waals surface area contributed by atoms with Gasteiger partial charge in [-0.3, -0.25) is 0 Å². The first-order chi connectivity index (χ1) is 7.85. The number of aliphatic hydroxyl groups excluding tert-OH is 1. The molecule has 1 aliphatic rings. The van der Waals surface area contributed by atoms with Gasteiger partial charge in [0, 0.05) is 7.11 Å². The van der Waals surface area contributed by atoms with Gasteiger partial charge in [0.25, 0.3) is 5.84 Å². The summed E-state index contributed by atoms with van der Waals surface area (Å²) in [5, 5.41) is 18.0. The minimum Gasteiger partial charge on any atom is -0.385 e. The lowest BCUT2D eigenvalue weighted by Gasteiger charge is -2.19. The molecule has 0 radical (unpaired) electrons. The Hall–Kier alpha value is -1.26. The molecule has 0 aromatic rings. The molecule has 1 fully saturated rings. The van der Waals surface area contributed by atoms with Crippen molar-refractivity contribution >= 4 is 12.6 Å². The van der Waals surface area contributed by atoms with Gasteiger partial charge in [-0.1, -0.05) is 33.1 Å². The van der Waals surface area contributed by atoms with Crippen molar-refractivity contribution in [1.29, 1.82) is 5.41 Å². The third-order valence-electron chi connectivity index (χ3n) is 3.36. The Morgan fingerprint density at radius 3 is 2.41 bits per heavy atom. The SMILES string of the molecule is C=CC(=C)C1([N+](=C)C(=N)C(C)C)C(O)C1OC. The predicted octanol–water partition coefficient (Wildman–Crippen LogP) is 1.20. The van der Waals surface area contributed by atoms with Crippen LogP contribution >= 0.6 is 0 Å². The van der Waals surface area contributed by atoms with E-state index in [0.29, 0.717) is 11.4 Å². The van der Waals surface area contributed by atoms with Crippen LogP contribution in [0.25, 0.3) is 0 Å². The zero-order valence-corrected chi connectivity index (χ0v) is 10.7. The molecule has 0 heterocycles. The molecule has 1 rings (SSSR count). The highest BCUT2D eigenvalue weighted by molar-refractivity contribution is 5.75. The number of amidine groups is 1. The van der Waals surface area contributed by atoms with Crippen LogP contribution in [0.15, 0.2) is 24.8 Å². The van der Waals surface area contributed by atoms with Crippen LogP contribution in [-0.4, -0.2) is 47.1 Å². The van der Waals surface area contributed by atoms with Crippen LogP contribution in [0.2, 0.25) is 0 Å². The molecule has 4 heteroatoms. The minimum absolute atomic E-state index is 0.0206. The van der Waals surface area contributed by atoms with Gasteiger partial charge >= 0.3 is 0 Å². The summed E-state index contributed by atoms with van der Waals surface area (Å²) in [5.41, 5.74) is -0.213. The van der Waals surface area contributed by atoms with Gasteiger partial charge in [-0.15, -0.1) is 5.41 Å². The van der Waals surface area contributed by atoms with E-state index in [2.05, 4.69) is 19.9 Å². The molecule has 0 bridgehead atoms. The molecule has 1 aliphatic carbocycles. The van der Waals surface area contributed by atoms with Crippen LogP contribution in [0.3, 0.4) is 0 Å². The second kappa shape index (κ2) is 4.55. The van der Waals surface area contributed by atoms with Crippen molar-refractivity contribution in [2.75, 3.05) is 7.11 Å². The summed E-state index contributed by atoms with van der Waals surface area (Å²) in [7, 11) is 1.53. The van der Waals surface area contributed by atoms with Crippen LogP contribution in [0.1, 0.15) is 13.8 Å². The number of nitrogens with zero attached hydrogens (tertiary/aromatic N) is 1. The van der Waals surface area contributed by atoms with Gasteiger partial charge in [-0.25, -0.2) is 4.58 Å². The molecule has 0 saturated heterocycles. The van der Waals surface area contributed by atoms with E-state index in [1.807, 2.05) is 13.8 Å². The maximum atomic E-state index is 10.0. The van der Waals surface area contributed by atoms with Crippen LogP contribution in [0.5, 0.6) is 0 Å². The molecule has 0 amide bonds. The van der Waals surface area contributed by atoms with Crippen LogP contribution in [-0.2, 0) is 4.74 Å². The van der Waals surface area contributed by atoms with Crippen LogP contribution < -0.4 is 0 Å². The normalized spacial score (nSPS) is 31.1. The fourth-order valence-electron chi connectivity index (χ4n) is 2.17. The first-order valence-corrected chi connectivity index (χ1v) is 5.57. The van der Waals surface area contributed by atoms with E-state index in [-0.39, 0.29) is 5.92 Å². The maximum absolute atomic E-state index is 10.0. The second-order valence-corrected chi connectivity index (χ2v) is 4.62. The minimum atomic E-state index is -0.835. The monoisotopic (exact) mass is 237 g/mol. The molecule has 94 valence electrons. The molecule has 0 aliphatic heterocycles. The molecule has 3 unspecified atom stereocenters. The summed E-state index contributed by atoms with van der Waals surface area (Å²) in [6, 6.07) is 0. The summed E-state index contributed by atoms with van der Waals surface area (Å²) in [6.07, 6.45) is 0.438. The Bertz CT molecular complexity index is 387. The Kier molecular flexibility index (Phi) is 3.69. The number of methoxy groups -OCH3 is 1. The molecule has 3 atom stereocenters. The van der Waals surface area contributed by atoms with Gasteiger partial charge in [-0.05, 0) is 5.57 Å². The van der Waals surface area contributed by atoms with E-state index in [4.69, 9.17) is 10.1 Å². The predicted molar refractivity (Wildman–Crippen MR) is 68.8 cm³/mol. The summed E-state index contributed by atoms with van der Waals surface area (Å²) in [4.78, 5) is 0. The molecule has 0 aromatic carbocycles. The van der Waals surface area contributed by atoms with Gasteiger partial charge in [0.15, 0.2) is 5.54 Å². The fraction of sp³-hybridized carbons (Fsp3) is 0.538. The van der Waals surface area contributed by atoms with Gasteiger partial charge < -0.3 is 9.84 Å². The molecular weight excluding hydrogens is 216 g/mol. The third-order valence-corrected chi connectivity index (χ3v) is 3.36. The number of hydrogen-bond donors (Lipinski definition) is 2. The lowest BCUT2D eigenvalue weighted by Crippen LogP contribution is -2.40. The van der Waals surface area contributed by atoms with Crippen LogP contribution in [0.4, 0.5) is 0 Å². The molecule has 0 aromatic heterocycles. The molecule has 17 heavy (non-hydrogen) atoms. The third kappa shape index (κ3) is 1.77. The summed E-state index contributed by atoms with van der Waals surface area (Å²) < 4.78 is 6.73. The van der Waals surface area contributed by atoms with E-state index in [0.717, 1.165) is 0 Å². The largest absolute Gasteiger partial charge is 0.385 e. The number of aliphatic hydroxyl groups is 1. The van der Waals surface area contributed by atoms with Crippen molar-refractivity contribution in [1.82, 2.24) is 0 Å². The van der Waals surface area contributed by atoms with Crippen molar-refractivity contribution in [3.05, 3.63) is 24.8 Å². The quantitative estimate of drug-likeness (QED) is 0.327. The highest BCUT2D eigenvalue weighted by Crippen LogP contribution is 2.48. The van der Waals surface area contributed by atoms with Crippen molar-refractivity contribution in [2.24, 2.45) is 5.92 Å². The second-order valence-electron chi connectivity index (χ2n) is 4.62. The van der Waals surface area contributed by atoms with E-state index in [1.54, 1.807) is 6.08 Å². The number of hydrogen-bond acceptors (Lipinski definition) is 3. The molecular formula is C13H21N2O2+. The topological polar surface area (TPSA) is 56.3 Å². The number of rotatable bonds is 5. The maximum Gasteiger partial charge on any atom is 0.292 e. The Morgan fingerprint density at radius 2 is 2.12 bits per heavy atom.